The number of unbranched alkanes of at least 4 members (excludes halogenated alkanes) is 2. The van der Waals surface area contributed by atoms with Crippen molar-refractivity contribution in [2.75, 3.05) is 13.6 Å². The Balaban J connectivity index is 2.39. The SMILES string of the molecule is CCCCCNC(=NC)NCc1csc(C(C)(C)C)n1. The Morgan fingerprint density at radius 2 is 2.05 bits per heavy atom. The standard InChI is InChI=1S/C15H28N4S/c1-6-7-8-9-17-14(16-5)18-10-12-11-20-13(19-12)15(2,3)4/h11H,6-10H2,1-5H3,(H2,16,17,18). The van der Waals surface area contributed by atoms with Crippen LogP contribution in [0.4, 0.5) is 0 Å². The van der Waals surface area contributed by atoms with Crippen molar-refractivity contribution >= 4 is 17.3 Å². The summed E-state index contributed by atoms with van der Waals surface area (Å²) in [7, 11) is 1.80. The summed E-state index contributed by atoms with van der Waals surface area (Å²) in [6.45, 7) is 10.5. The third-order valence-corrected chi connectivity index (χ3v) is 4.24. The lowest BCUT2D eigenvalue weighted by Gasteiger charge is -2.14. The fraction of sp³-hybridized carbons (Fsp3) is 0.733. The van der Waals surface area contributed by atoms with Gasteiger partial charge in [-0.3, -0.25) is 4.99 Å². The van der Waals surface area contributed by atoms with Crippen LogP contribution in [-0.4, -0.2) is 24.5 Å². The van der Waals surface area contributed by atoms with Crippen molar-refractivity contribution in [3.05, 3.63) is 16.1 Å². The maximum Gasteiger partial charge on any atom is 0.191 e. The highest BCUT2D eigenvalue weighted by Crippen LogP contribution is 2.25. The van der Waals surface area contributed by atoms with E-state index in [9.17, 15) is 0 Å². The van der Waals surface area contributed by atoms with Crippen LogP contribution in [0.25, 0.3) is 0 Å². The fourth-order valence-electron chi connectivity index (χ4n) is 1.71. The highest BCUT2D eigenvalue weighted by molar-refractivity contribution is 7.09. The van der Waals surface area contributed by atoms with Crippen molar-refractivity contribution in [2.45, 2.75) is 58.9 Å². The Bertz CT molecular complexity index is 418. The summed E-state index contributed by atoms with van der Waals surface area (Å²) in [5.41, 5.74) is 1.21. The topological polar surface area (TPSA) is 49.3 Å². The predicted molar refractivity (Wildman–Crippen MR) is 88.5 cm³/mol. The molecule has 5 heteroatoms. The molecule has 0 saturated heterocycles. The quantitative estimate of drug-likeness (QED) is 0.481. The summed E-state index contributed by atoms with van der Waals surface area (Å²) in [5.74, 6) is 0.853. The van der Waals surface area contributed by atoms with Crippen LogP contribution in [0, 0.1) is 0 Å². The minimum Gasteiger partial charge on any atom is -0.356 e. The van der Waals surface area contributed by atoms with Crippen molar-refractivity contribution in [1.82, 2.24) is 15.6 Å². The van der Waals surface area contributed by atoms with E-state index in [2.05, 4.69) is 53.7 Å². The van der Waals surface area contributed by atoms with Gasteiger partial charge in [-0.05, 0) is 6.42 Å². The summed E-state index contributed by atoms with van der Waals surface area (Å²) in [5, 5.41) is 9.94. The van der Waals surface area contributed by atoms with Gasteiger partial charge >= 0.3 is 0 Å². The van der Waals surface area contributed by atoms with Crippen LogP contribution in [0.3, 0.4) is 0 Å². The molecule has 114 valence electrons. The van der Waals surface area contributed by atoms with E-state index in [1.807, 2.05) is 0 Å². The number of rotatable bonds is 6. The van der Waals surface area contributed by atoms with E-state index in [0.29, 0.717) is 0 Å². The van der Waals surface area contributed by atoms with Crippen molar-refractivity contribution in [2.24, 2.45) is 4.99 Å². The second kappa shape index (κ2) is 8.25. The van der Waals surface area contributed by atoms with Crippen LogP contribution in [0.15, 0.2) is 10.4 Å². The zero-order valence-corrected chi connectivity index (χ0v) is 14.2. The number of guanidine groups is 1. The van der Waals surface area contributed by atoms with Crippen molar-refractivity contribution in [3.63, 3.8) is 0 Å². The van der Waals surface area contributed by atoms with Gasteiger partial charge in [0.25, 0.3) is 0 Å². The molecule has 0 amide bonds. The zero-order valence-electron chi connectivity index (χ0n) is 13.4. The van der Waals surface area contributed by atoms with E-state index in [0.717, 1.165) is 24.7 Å². The maximum absolute atomic E-state index is 4.67. The van der Waals surface area contributed by atoms with Gasteiger partial charge in [0.05, 0.1) is 17.2 Å². The number of hydrogen-bond acceptors (Lipinski definition) is 3. The largest absolute Gasteiger partial charge is 0.356 e. The minimum atomic E-state index is 0.128. The normalized spacial score (nSPS) is 12.6. The number of nitrogens with one attached hydrogen (secondary N) is 2. The van der Waals surface area contributed by atoms with Gasteiger partial charge in [-0.25, -0.2) is 4.98 Å². The van der Waals surface area contributed by atoms with Crippen LogP contribution in [-0.2, 0) is 12.0 Å². The molecule has 0 spiro atoms. The number of thiazole rings is 1. The fourth-order valence-corrected chi connectivity index (χ4v) is 2.62. The Hall–Kier alpha value is -1.10. The van der Waals surface area contributed by atoms with Crippen molar-refractivity contribution < 1.29 is 0 Å². The molecule has 0 aliphatic rings. The summed E-state index contributed by atoms with van der Waals surface area (Å²) in [6, 6.07) is 0. The Kier molecular flexibility index (Phi) is 6.99. The van der Waals surface area contributed by atoms with Gasteiger partial charge < -0.3 is 10.6 Å². The van der Waals surface area contributed by atoms with Crippen LogP contribution in [0.1, 0.15) is 57.7 Å². The lowest BCUT2D eigenvalue weighted by Crippen LogP contribution is -2.37. The number of aromatic nitrogens is 1. The molecular formula is C15H28N4S. The van der Waals surface area contributed by atoms with E-state index in [4.69, 9.17) is 0 Å². The lowest BCUT2D eigenvalue weighted by molar-refractivity contribution is 0.582. The molecular weight excluding hydrogens is 268 g/mol. The zero-order chi connectivity index (χ0) is 15.0. The van der Waals surface area contributed by atoms with Gasteiger partial charge in [0.2, 0.25) is 0 Å². The van der Waals surface area contributed by atoms with Crippen LogP contribution in [0.5, 0.6) is 0 Å². The highest BCUT2D eigenvalue weighted by Gasteiger charge is 2.17. The molecule has 0 fully saturated rings. The first-order valence-corrected chi connectivity index (χ1v) is 8.24. The summed E-state index contributed by atoms with van der Waals surface area (Å²) >= 11 is 1.73. The second-order valence-electron chi connectivity index (χ2n) is 5.95. The first kappa shape index (κ1) is 17.0. The summed E-state index contributed by atoms with van der Waals surface area (Å²) < 4.78 is 0. The molecule has 0 radical (unpaired) electrons. The molecule has 0 saturated carbocycles. The molecule has 20 heavy (non-hydrogen) atoms. The number of nitrogens with zero attached hydrogens (tertiary/aromatic N) is 2. The average molecular weight is 296 g/mol. The molecule has 1 aromatic heterocycles. The molecule has 2 N–H and O–H groups in total. The van der Waals surface area contributed by atoms with Crippen LogP contribution in [0.2, 0.25) is 0 Å². The first-order valence-electron chi connectivity index (χ1n) is 7.36. The molecule has 1 heterocycles. The van der Waals surface area contributed by atoms with E-state index >= 15 is 0 Å². The number of aliphatic imine (C=N–C) groups is 1. The maximum atomic E-state index is 4.67. The Morgan fingerprint density at radius 3 is 2.60 bits per heavy atom. The number of hydrogen-bond donors (Lipinski definition) is 2. The predicted octanol–water partition coefficient (Wildman–Crippen LogP) is 3.30. The summed E-state index contributed by atoms with van der Waals surface area (Å²) in [4.78, 5) is 8.90. The molecule has 1 aromatic rings. The van der Waals surface area contributed by atoms with Gasteiger partial charge in [0, 0.05) is 24.4 Å². The lowest BCUT2D eigenvalue weighted by atomic mass is 9.98. The van der Waals surface area contributed by atoms with E-state index in [1.165, 1.54) is 24.3 Å². The minimum absolute atomic E-state index is 0.128. The van der Waals surface area contributed by atoms with E-state index < -0.39 is 0 Å². The van der Waals surface area contributed by atoms with E-state index in [-0.39, 0.29) is 5.41 Å². The van der Waals surface area contributed by atoms with Gasteiger partial charge in [0.1, 0.15) is 0 Å². The summed E-state index contributed by atoms with van der Waals surface area (Å²) in [6.07, 6.45) is 3.68. The second-order valence-corrected chi connectivity index (χ2v) is 6.81. The molecule has 0 aromatic carbocycles. The third-order valence-electron chi connectivity index (χ3n) is 2.93. The van der Waals surface area contributed by atoms with Crippen molar-refractivity contribution in [3.8, 4) is 0 Å². The first-order chi connectivity index (χ1) is 9.47. The Morgan fingerprint density at radius 1 is 1.30 bits per heavy atom. The van der Waals surface area contributed by atoms with Crippen molar-refractivity contribution in [1.29, 1.82) is 0 Å². The van der Waals surface area contributed by atoms with Gasteiger partial charge in [-0.2, -0.15) is 0 Å². The molecule has 0 unspecified atom stereocenters. The third kappa shape index (κ3) is 5.90. The van der Waals surface area contributed by atoms with E-state index in [1.54, 1.807) is 18.4 Å². The van der Waals surface area contributed by atoms with Gasteiger partial charge in [0.15, 0.2) is 5.96 Å². The molecule has 0 bridgehead atoms. The van der Waals surface area contributed by atoms with Crippen LogP contribution >= 0.6 is 11.3 Å². The molecule has 0 atom stereocenters. The average Bonchev–Trinajstić information content (AvgIpc) is 2.87. The molecule has 0 aliphatic carbocycles. The molecule has 1 rings (SSSR count). The molecule has 4 nitrogen and oxygen atoms in total. The Labute approximate surface area is 127 Å². The van der Waals surface area contributed by atoms with Gasteiger partial charge in [-0.1, -0.05) is 40.5 Å². The smallest absolute Gasteiger partial charge is 0.191 e. The van der Waals surface area contributed by atoms with Gasteiger partial charge in [-0.15, -0.1) is 11.3 Å². The van der Waals surface area contributed by atoms with Crippen LogP contribution < -0.4 is 10.6 Å². The highest BCUT2D eigenvalue weighted by atomic mass is 32.1. The molecule has 0 aliphatic heterocycles. The monoisotopic (exact) mass is 296 g/mol.